The molecule has 6 nitrogen and oxygen atoms in total. The maximum Gasteiger partial charge on any atom is 0.410 e. The van der Waals surface area contributed by atoms with Gasteiger partial charge >= 0.3 is 6.09 Å². The van der Waals surface area contributed by atoms with Gasteiger partial charge in [-0.05, 0) is 62.9 Å². The van der Waals surface area contributed by atoms with Gasteiger partial charge in [-0.25, -0.2) is 9.78 Å². The van der Waals surface area contributed by atoms with Gasteiger partial charge in [-0.15, -0.1) is 0 Å². The number of hydrogen-bond acceptors (Lipinski definition) is 5. The van der Waals surface area contributed by atoms with E-state index in [0.29, 0.717) is 25.6 Å². The summed E-state index contributed by atoms with van der Waals surface area (Å²) in [5.74, 6) is 1.29. The molecule has 0 bridgehead atoms. The minimum atomic E-state index is -0.466. The second-order valence-electron chi connectivity index (χ2n) is 8.38. The number of pyridine rings is 1. The molecule has 0 saturated carbocycles. The van der Waals surface area contributed by atoms with Gasteiger partial charge in [-0.2, -0.15) is 0 Å². The summed E-state index contributed by atoms with van der Waals surface area (Å²) in [6, 6.07) is 11.7. The molecule has 30 heavy (non-hydrogen) atoms. The summed E-state index contributed by atoms with van der Waals surface area (Å²) in [6.07, 6.45) is 5.37. The van der Waals surface area contributed by atoms with E-state index in [1.807, 2.05) is 51.1 Å². The van der Waals surface area contributed by atoms with Gasteiger partial charge in [0, 0.05) is 32.5 Å². The van der Waals surface area contributed by atoms with Gasteiger partial charge < -0.3 is 19.1 Å². The van der Waals surface area contributed by atoms with Gasteiger partial charge in [0.2, 0.25) is 5.88 Å². The third-order valence-corrected chi connectivity index (χ3v) is 4.62. The molecule has 3 rings (SSSR count). The third-order valence-electron chi connectivity index (χ3n) is 4.62. The molecule has 1 aliphatic rings. The predicted molar refractivity (Wildman–Crippen MR) is 116 cm³/mol. The van der Waals surface area contributed by atoms with Crippen LogP contribution < -0.4 is 4.74 Å². The van der Waals surface area contributed by atoms with Crippen LogP contribution in [0, 0.1) is 0 Å². The summed E-state index contributed by atoms with van der Waals surface area (Å²) >= 11 is 0. The van der Waals surface area contributed by atoms with Crippen molar-refractivity contribution in [3.63, 3.8) is 0 Å². The Morgan fingerprint density at radius 3 is 2.57 bits per heavy atom. The lowest BCUT2D eigenvalue weighted by molar-refractivity contribution is 0.0237. The number of likely N-dealkylation sites (tertiary alicyclic amines) is 1. The molecule has 0 unspecified atom stereocenters. The van der Waals surface area contributed by atoms with Crippen LogP contribution in [0.15, 0.2) is 48.2 Å². The van der Waals surface area contributed by atoms with E-state index in [4.69, 9.17) is 14.2 Å². The number of carbonyl (C=O) groups is 1. The first-order chi connectivity index (χ1) is 14.3. The number of rotatable bonds is 5. The minimum Gasteiger partial charge on any atom is -0.444 e. The summed E-state index contributed by atoms with van der Waals surface area (Å²) in [4.78, 5) is 18.3. The fourth-order valence-corrected chi connectivity index (χ4v) is 3.19. The Labute approximate surface area is 178 Å². The van der Waals surface area contributed by atoms with Crippen LogP contribution in [0.4, 0.5) is 4.79 Å². The Morgan fingerprint density at radius 2 is 1.93 bits per heavy atom. The van der Waals surface area contributed by atoms with E-state index in [1.54, 1.807) is 18.2 Å². The Bertz CT molecular complexity index is 875. The molecule has 1 saturated heterocycles. The van der Waals surface area contributed by atoms with Crippen LogP contribution in [0.2, 0.25) is 0 Å². The lowest BCUT2D eigenvalue weighted by Gasteiger charge is -2.31. The van der Waals surface area contributed by atoms with Crippen molar-refractivity contribution in [3.05, 3.63) is 59.3 Å². The summed E-state index contributed by atoms with van der Waals surface area (Å²) in [7, 11) is 1.66. The van der Waals surface area contributed by atoms with E-state index in [9.17, 15) is 4.79 Å². The topological polar surface area (TPSA) is 60.9 Å². The van der Waals surface area contributed by atoms with Gasteiger partial charge in [0.25, 0.3) is 0 Å². The van der Waals surface area contributed by atoms with Crippen LogP contribution in [-0.2, 0) is 16.1 Å². The minimum absolute atomic E-state index is 0.235. The average Bonchev–Trinajstić information content (AvgIpc) is 2.69. The molecule has 0 N–H and O–H groups in total. The number of aromatic nitrogens is 1. The zero-order chi connectivity index (χ0) is 21.6. The van der Waals surface area contributed by atoms with Gasteiger partial charge in [0.05, 0.1) is 6.61 Å². The molecule has 0 atom stereocenters. The Balaban J connectivity index is 1.58. The van der Waals surface area contributed by atoms with E-state index in [0.717, 1.165) is 29.7 Å². The van der Waals surface area contributed by atoms with Crippen molar-refractivity contribution in [1.29, 1.82) is 0 Å². The molecule has 6 heteroatoms. The monoisotopic (exact) mass is 410 g/mol. The molecule has 0 spiro atoms. The van der Waals surface area contributed by atoms with Crippen LogP contribution >= 0.6 is 0 Å². The van der Waals surface area contributed by atoms with Gasteiger partial charge in [-0.1, -0.05) is 23.8 Å². The smallest absolute Gasteiger partial charge is 0.410 e. The highest BCUT2D eigenvalue weighted by Crippen LogP contribution is 2.25. The lowest BCUT2D eigenvalue weighted by atomic mass is 10.0. The van der Waals surface area contributed by atoms with E-state index in [2.05, 4.69) is 17.1 Å². The molecule has 0 radical (unpaired) electrons. The molecular weight excluding hydrogens is 380 g/mol. The van der Waals surface area contributed by atoms with Crippen molar-refractivity contribution in [2.75, 3.05) is 20.2 Å². The van der Waals surface area contributed by atoms with Crippen LogP contribution in [0.25, 0.3) is 6.08 Å². The fraction of sp³-hybridized carbons (Fsp3) is 0.417. The predicted octanol–water partition coefficient (Wildman–Crippen LogP) is 5.43. The molecule has 1 fully saturated rings. The fourth-order valence-electron chi connectivity index (χ4n) is 3.19. The maximum absolute atomic E-state index is 12.2. The SMILES string of the molecule is COCc1ccc(Oc2cccc(C=C3CCN(C(=O)OC(C)(C)C)CC3)c2)nc1. The third kappa shape index (κ3) is 6.59. The van der Waals surface area contributed by atoms with E-state index < -0.39 is 5.60 Å². The quantitative estimate of drug-likeness (QED) is 0.657. The van der Waals surface area contributed by atoms with Crippen LogP contribution in [0.3, 0.4) is 0 Å². The normalized spacial score (nSPS) is 14.4. The molecule has 0 aliphatic carbocycles. The van der Waals surface area contributed by atoms with Gasteiger partial charge in [-0.3, -0.25) is 0 Å². The summed E-state index contributed by atoms with van der Waals surface area (Å²) in [5.41, 5.74) is 2.92. The molecule has 1 aromatic heterocycles. The number of nitrogens with zero attached hydrogens (tertiary/aromatic N) is 2. The first-order valence-corrected chi connectivity index (χ1v) is 10.2. The van der Waals surface area contributed by atoms with Crippen molar-refractivity contribution in [3.8, 4) is 11.6 Å². The van der Waals surface area contributed by atoms with Crippen molar-refractivity contribution < 1.29 is 19.0 Å². The number of carbonyl (C=O) groups excluding carboxylic acids is 1. The van der Waals surface area contributed by atoms with Crippen LogP contribution in [0.1, 0.15) is 44.7 Å². The molecule has 1 aromatic carbocycles. The van der Waals surface area contributed by atoms with E-state index >= 15 is 0 Å². The van der Waals surface area contributed by atoms with Crippen molar-refractivity contribution in [1.82, 2.24) is 9.88 Å². The molecule has 1 amide bonds. The molecule has 2 heterocycles. The first kappa shape index (κ1) is 21.8. The summed E-state index contributed by atoms with van der Waals surface area (Å²) in [5, 5.41) is 0. The number of amides is 1. The first-order valence-electron chi connectivity index (χ1n) is 10.2. The highest BCUT2D eigenvalue weighted by Gasteiger charge is 2.24. The van der Waals surface area contributed by atoms with E-state index in [-0.39, 0.29) is 6.09 Å². The number of benzene rings is 1. The van der Waals surface area contributed by atoms with Gasteiger partial charge in [0.1, 0.15) is 11.4 Å². The van der Waals surface area contributed by atoms with Crippen LogP contribution in [0.5, 0.6) is 11.6 Å². The number of ether oxygens (including phenoxy) is 3. The Morgan fingerprint density at radius 1 is 1.17 bits per heavy atom. The zero-order valence-corrected chi connectivity index (χ0v) is 18.2. The summed E-state index contributed by atoms with van der Waals surface area (Å²) < 4.78 is 16.4. The van der Waals surface area contributed by atoms with Crippen molar-refractivity contribution in [2.45, 2.75) is 45.8 Å². The molecule has 160 valence electrons. The highest BCUT2D eigenvalue weighted by atomic mass is 16.6. The average molecular weight is 411 g/mol. The zero-order valence-electron chi connectivity index (χ0n) is 18.2. The Kier molecular flexibility index (Phi) is 7.11. The highest BCUT2D eigenvalue weighted by molar-refractivity contribution is 5.68. The van der Waals surface area contributed by atoms with Gasteiger partial charge in [0.15, 0.2) is 0 Å². The number of methoxy groups -OCH3 is 1. The second-order valence-corrected chi connectivity index (χ2v) is 8.38. The molecule has 1 aliphatic heterocycles. The molecular formula is C24H30N2O4. The van der Waals surface area contributed by atoms with Crippen molar-refractivity contribution >= 4 is 12.2 Å². The number of piperidine rings is 1. The number of hydrogen-bond donors (Lipinski definition) is 0. The van der Waals surface area contributed by atoms with Crippen LogP contribution in [-0.4, -0.2) is 41.8 Å². The summed E-state index contributed by atoms with van der Waals surface area (Å²) in [6.45, 7) is 7.54. The lowest BCUT2D eigenvalue weighted by Crippen LogP contribution is -2.40. The Hall–Kier alpha value is -2.86. The second kappa shape index (κ2) is 9.76. The maximum atomic E-state index is 12.2. The van der Waals surface area contributed by atoms with Crippen molar-refractivity contribution in [2.24, 2.45) is 0 Å². The molecule has 2 aromatic rings. The van der Waals surface area contributed by atoms with E-state index in [1.165, 1.54) is 5.57 Å². The standard InChI is InChI=1S/C24H30N2O4/c1-24(2,3)30-23(27)26-12-10-18(11-13-26)14-19-6-5-7-21(15-19)29-22-9-8-20(16-25-22)17-28-4/h5-9,14-16H,10-13,17H2,1-4H3. The largest absolute Gasteiger partial charge is 0.444 e.